The van der Waals surface area contributed by atoms with Crippen LogP contribution in [0.3, 0.4) is 0 Å². The Bertz CT molecular complexity index is 595. The van der Waals surface area contributed by atoms with Crippen LogP contribution in [0.15, 0.2) is 17.5 Å². The maximum Gasteiger partial charge on any atom is 0.264 e. The zero-order valence-corrected chi connectivity index (χ0v) is 15.8. The lowest BCUT2D eigenvalue weighted by molar-refractivity contribution is -0.134. The zero-order valence-electron chi connectivity index (χ0n) is 15.0. The number of rotatable bonds is 6. The Labute approximate surface area is 152 Å². The molecule has 1 saturated heterocycles. The Balaban J connectivity index is 1.75. The molecule has 2 rings (SSSR count). The Hall–Kier alpha value is -1.93. The summed E-state index contributed by atoms with van der Waals surface area (Å²) in [5.74, 6) is -0.0655. The summed E-state index contributed by atoms with van der Waals surface area (Å²) in [4.78, 5) is 42.4. The van der Waals surface area contributed by atoms with Gasteiger partial charge in [-0.15, -0.1) is 11.3 Å². The summed E-state index contributed by atoms with van der Waals surface area (Å²) < 4.78 is 0. The smallest absolute Gasteiger partial charge is 0.264 e. The molecule has 1 N–H and O–H groups in total. The van der Waals surface area contributed by atoms with Crippen LogP contribution in [-0.2, 0) is 9.59 Å². The molecule has 1 aromatic rings. The van der Waals surface area contributed by atoms with Crippen molar-refractivity contribution < 1.29 is 14.4 Å². The number of hydrogen-bond donors (Lipinski definition) is 1. The Kier molecular flexibility index (Phi) is 6.95. The van der Waals surface area contributed by atoms with E-state index in [1.54, 1.807) is 21.7 Å². The van der Waals surface area contributed by atoms with E-state index >= 15 is 0 Å². The molecule has 0 saturated carbocycles. The molecule has 7 nitrogen and oxygen atoms in total. The highest BCUT2D eigenvalue weighted by Crippen LogP contribution is 2.14. The topological polar surface area (TPSA) is 73.0 Å². The van der Waals surface area contributed by atoms with Crippen LogP contribution >= 0.6 is 11.3 Å². The van der Waals surface area contributed by atoms with Gasteiger partial charge in [-0.3, -0.25) is 19.3 Å². The number of thiophene rings is 1. The minimum absolute atomic E-state index is 0.0110. The minimum atomic E-state index is -0.0864. The second kappa shape index (κ2) is 8.96. The SMILES string of the molecule is CC(C)NC(=O)CN(C)CC(=O)N1CCN(C(=O)c2cccs2)CC1. The molecule has 138 valence electrons. The normalized spacial score (nSPS) is 14.9. The molecule has 1 fully saturated rings. The van der Waals surface area contributed by atoms with Gasteiger partial charge in [-0.05, 0) is 32.3 Å². The predicted molar refractivity (Wildman–Crippen MR) is 97.6 cm³/mol. The van der Waals surface area contributed by atoms with Gasteiger partial charge in [-0.25, -0.2) is 0 Å². The van der Waals surface area contributed by atoms with Crippen molar-refractivity contribution in [2.45, 2.75) is 19.9 Å². The van der Waals surface area contributed by atoms with Crippen LogP contribution in [0.5, 0.6) is 0 Å². The molecule has 0 spiro atoms. The summed E-state index contributed by atoms with van der Waals surface area (Å²) in [5, 5.41) is 4.70. The van der Waals surface area contributed by atoms with E-state index in [1.165, 1.54) is 11.3 Å². The number of nitrogens with one attached hydrogen (secondary N) is 1. The fraction of sp³-hybridized carbons (Fsp3) is 0.588. The number of hydrogen-bond acceptors (Lipinski definition) is 5. The number of carbonyl (C=O) groups excluding carboxylic acids is 3. The minimum Gasteiger partial charge on any atom is -0.353 e. The highest BCUT2D eigenvalue weighted by atomic mass is 32.1. The quantitative estimate of drug-likeness (QED) is 0.795. The van der Waals surface area contributed by atoms with Crippen LogP contribution in [-0.4, -0.2) is 84.8 Å². The van der Waals surface area contributed by atoms with Crippen molar-refractivity contribution >= 4 is 29.1 Å². The molecule has 1 aliphatic heterocycles. The summed E-state index contributed by atoms with van der Waals surface area (Å²) in [6.45, 7) is 6.34. The maximum atomic E-state index is 12.4. The Morgan fingerprint density at radius 1 is 1.16 bits per heavy atom. The number of carbonyl (C=O) groups is 3. The third-order valence-electron chi connectivity index (χ3n) is 3.92. The lowest BCUT2D eigenvalue weighted by Gasteiger charge is -2.35. The third kappa shape index (κ3) is 5.82. The molecule has 0 aromatic carbocycles. The second-order valence-corrected chi connectivity index (χ2v) is 7.49. The van der Waals surface area contributed by atoms with Crippen LogP contribution in [0.1, 0.15) is 23.5 Å². The summed E-state index contributed by atoms with van der Waals surface area (Å²) in [6.07, 6.45) is 0. The van der Waals surface area contributed by atoms with Crippen molar-refractivity contribution in [1.82, 2.24) is 20.0 Å². The summed E-state index contributed by atoms with van der Waals surface area (Å²) in [7, 11) is 1.76. The molecule has 0 bridgehead atoms. The highest BCUT2D eigenvalue weighted by molar-refractivity contribution is 7.12. The van der Waals surface area contributed by atoms with Gasteiger partial charge in [0.15, 0.2) is 0 Å². The van der Waals surface area contributed by atoms with E-state index in [-0.39, 0.29) is 36.9 Å². The van der Waals surface area contributed by atoms with E-state index in [2.05, 4.69) is 5.32 Å². The van der Waals surface area contributed by atoms with Gasteiger partial charge in [0.25, 0.3) is 5.91 Å². The highest BCUT2D eigenvalue weighted by Gasteiger charge is 2.25. The molecule has 0 radical (unpaired) electrons. The van der Waals surface area contributed by atoms with Crippen molar-refractivity contribution in [3.8, 4) is 0 Å². The molecule has 0 aliphatic carbocycles. The number of amides is 3. The first kappa shape index (κ1) is 19.4. The first-order chi connectivity index (χ1) is 11.9. The third-order valence-corrected chi connectivity index (χ3v) is 4.78. The van der Waals surface area contributed by atoms with Crippen molar-refractivity contribution in [1.29, 1.82) is 0 Å². The van der Waals surface area contributed by atoms with Gasteiger partial charge in [0.1, 0.15) is 0 Å². The first-order valence-corrected chi connectivity index (χ1v) is 9.33. The summed E-state index contributed by atoms with van der Waals surface area (Å²) in [6, 6.07) is 3.77. The largest absolute Gasteiger partial charge is 0.353 e. The van der Waals surface area contributed by atoms with Gasteiger partial charge < -0.3 is 15.1 Å². The van der Waals surface area contributed by atoms with E-state index in [1.807, 2.05) is 31.4 Å². The maximum absolute atomic E-state index is 12.4. The molecule has 0 atom stereocenters. The van der Waals surface area contributed by atoms with Crippen molar-refractivity contribution in [2.75, 3.05) is 46.3 Å². The van der Waals surface area contributed by atoms with Gasteiger partial charge in [-0.2, -0.15) is 0 Å². The Morgan fingerprint density at radius 2 is 1.80 bits per heavy atom. The van der Waals surface area contributed by atoms with E-state index in [0.29, 0.717) is 26.2 Å². The van der Waals surface area contributed by atoms with Gasteiger partial charge in [-0.1, -0.05) is 6.07 Å². The number of piperazine rings is 1. The zero-order chi connectivity index (χ0) is 18.4. The molecule has 2 heterocycles. The van der Waals surface area contributed by atoms with Crippen molar-refractivity contribution in [2.24, 2.45) is 0 Å². The predicted octanol–water partition coefficient (Wildman–Crippen LogP) is 0.489. The van der Waals surface area contributed by atoms with Gasteiger partial charge in [0.2, 0.25) is 11.8 Å². The Morgan fingerprint density at radius 3 is 2.36 bits per heavy atom. The second-order valence-electron chi connectivity index (χ2n) is 6.54. The van der Waals surface area contributed by atoms with E-state index in [4.69, 9.17) is 0 Å². The lowest BCUT2D eigenvalue weighted by Crippen LogP contribution is -2.52. The standard InChI is InChI=1S/C17H26N4O3S/c1-13(2)18-15(22)11-19(3)12-16(23)20-6-8-21(9-7-20)17(24)14-5-4-10-25-14/h4-5,10,13H,6-9,11-12H2,1-3H3,(H,18,22). The molecular formula is C17H26N4O3S. The van der Waals surface area contributed by atoms with E-state index in [0.717, 1.165) is 4.88 Å². The van der Waals surface area contributed by atoms with Crippen molar-refractivity contribution in [3.05, 3.63) is 22.4 Å². The van der Waals surface area contributed by atoms with Gasteiger partial charge in [0.05, 0.1) is 18.0 Å². The van der Waals surface area contributed by atoms with E-state index < -0.39 is 0 Å². The fourth-order valence-corrected chi connectivity index (χ4v) is 3.41. The lowest BCUT2D eigenvalue weighted by atomic mass is 10.2. The monoisotopic (exact) mass is 366 g/mol. The van der Waals surface area contributed by atoms with Crippen molar-refractivity contribution in [3.63, 3.8) is 0 Å². The molecule has 3 amide bonds. The molecular weight excluding hydrogens is 340 g/mol. The number of nitrogens with zero attached hydrogens (tertiary/aromatic N) is 3. The summed E-state index contributed by atoms with van der Waals surface area (Å²) >= 11 is 1.43. The molecule has 1 aliphatic rings. The fourth-order valence-electron chi connectivity index (χ4n) is 2.71. The van der Waals surface area contributed by atoms with E-state index in [9.17, 15) is 14.4 Å². The van der Waals surface area contributed by atoms with Crippen LogP contribution in [0.2, 0.25) is 0 Å². The summed E-state index contributed by atoms with van der Waals surface area (Å²) in [5.41, 5.74) is 0. The molecule has 0 unspecified atom stereocenters. The molecule has 8 heteroatoms. The van der Waals surface area contributed by atoms with Gasteiger partial charge >= 0.3 is 0 Å². The molecule has 1 aromatic heterocycles. The number of likely N-dealkylation sites (N-methyl/N-ethyl adjacent to an activating group) is 1. The average Bonchev–Trinajstić information content (AvgIpc) is 3.07. The van der Waals surface area contributed by atoms with Gasteiger partial charge in [0, 0.05) is 32.2 Å². The van der Waals surface area contributed by atoms with Crippen LogP contribution < -0.4 is 5.32 Å². The van der Waals surface area contributed by atoms with Crippen LogP contribution in [0, 0.1) is 0 Å². The van der Waals surface area contributed by atoms with Crippen LogP contribution in [0.4, 0.5) is 0 Å². The van der Waals surface area contributed by atoms with Crippen LogP contribution in [0.25, 0.3) is 0 Å². The average molecular weight is 366 g/mol. The molecule has 25 heavy (non-hydrogen) atoms. The first-order valence-electron chi connectivity index (χ1n) is 8.45.